The van der Waals surface area contributed by atoms with E-state index in [1.165, 1.54) is 0 Å². The zero-order valence-corrected chi connectivity index (χ0v) is 13.3. The number of amides is 2. The molecule has 1 fully saturated rings. The predicted octanol–water partition coefficient (Wildman–Crippen LogP) is 0.935. The Bertz CT molecular complexity index is 546. The number of nitrogens with zero attached hydrogens (tertiary/aromatic N) is 1. The number of carbonyl (C=O) groups excluding carboxylic acids is 1. The second-order valence-corrected chi connectivity index (χ2v) is 5.75. The minimum atomic E-state index is -0.164. The zero-order valence-electron chi connectivity index (χ0n) is 13.3. The van der Waals surface area contributed by atoms with E-state index in [0.29, 0.717) is 19.1 Å². The van der Waals surface area contributed by atoms with Gasteiger partial charge in [0.05, 0.1) is 13.2 Å². The minimum absolute atomic E-state index is 0.164. The number of hydrogen-bond acceptors (Lipinski definition) is 5. The predicted molar refractivity (Wildman–Crippen MR) is 84.7 cm³/mol. The summed E-state index contributed by atoms with van der Waals surface area (Å²) in [6.45, 7) is 6.81. The van der Waals surface area contributed by atoms with Crippen molar-refractivity contribution in [2.75, 3.05) is 39.6 Å². The Morgan fingerprint density at radius 1 is 1.22 bits per heavy atom. The molecule has 7 nitrogen and oxygen atoms in total. The third-order valence-corrected chi connectivity index (χ3v) is 4.12. The highest BCUT2D eigenvalue weighted by Crippen LogP contribution is 2.32. The fourth-order valence-electron chi connectivity index (χ4n) is 2.68. The summed E-state index contributed by atoms with van der Waals surface area (Å²) in [4.78, 5) is 14.2. The smallest absolute Gasteiger partial charge is 0.315 e. The first-order valence-electron chi connectivity index (χ1n) is 7.94. The van der Waals surface area contributed by atoms with Crippen molar-refractivity contribution in [2.45, 2.75) is 19.5 Å². The van der Waals surface area contributed by atoms with Gasteiger partial charge in [0.25, 0.3) is 0 Å². The molecule has 0 saturated carbocycles. The van der Waals surface area contributed by atoms with Gasteiger partial charge in [0.15, 0.2) is 11.5 Å². The molecule has 126 valence electrons. The number of fused-ring (bicyclic) bond motifs is 1. The number of morpholine rings is 1. The molecule has 2 N–H and O–H groups in total. The van der Waals surface area contributed by atoms with Crippen molar-refractivity contribution in [3.63, 3.8) is 0 Å². The van der Waals surface area contributed by atoms with Gasteiger partial charge in [-0.2, -0.15) is 0 Å². The molecule has 1 aromatic carbocycles. The van der Waals surface area contributed by atoms with Crippen LogP contribution in [0.15, 0.2) is 18.2 Å². The Labute approximate surface area is 135 Å². The average Bonchev–Trinajstić information content (AvgIpc) is 3.06. The first-order valence-corrected chi connectivity index (χ1v) is 7.94. The summed E-state index contributed by atoms with van der Waals surface area (Å²) < 4.78 is 15.9. The summed E-state index contributed by atoms with van der Waals surface area (Å²) in [6.07, 6.45) is 0. The maximum atomic E-state index is 11.9. The van der Waals surface area contributed by atoms with E-state index in [9.17, 15) is 4.79 Å². The van der Waals surface area contributed by atoms with Crippen molar-refractivity contribution in [3.8, 4) is 11.5 Å². The quantitative estimate of drug-likeness (QED) is 0.844. The number of rotatable bonds is 5. The highest BCUT2D eigenvalue weighted by Gasteiger charge is 2.17. The van der Waals surface area contributed by atoms with Crippen LogP contribution in [0.1, 0.15) is 12.5 Å². The molecule has 1 aromatic rings. The summed E-state index contributed by atoms with van der Waals surface area (Å²) in [5, 5.41) is 5.77. The summed E-state index contributed by atoms with van der Waals surface area (Å²) in [5.41, 5.74) is 0.977. The summed E-state index contributed by atoms with van der Waals surface area (Å²) in [5.74, 6) is 1.48. The van der Waals surface area contributed by atoms with Crippen molar-refractivity contribution in [1.82, 2.24) is 15.5 Å². The molecule has 7 heteroatoms. The molecule has 2 aliphatic heterocycles. The first-order chi connectivity index (χ1) is 11.2. The number of carbonyl (C=O) groups is 1. The number of hydrogen-bond donors (Lipinski definition) is 2. The van der Waals surface area contributed by atoms with Crippen LogP contribution in [0.5, 0.6) is 11.5 Å². The van der Waals surface area contributed by atoms with Gasteiger partial charge in [-0.25, -0.2) is 4.79 Å². The van der Waals surface area contributed by atoms with Gasteiger partial charge >= 0.3 is 6.03 Å². The maximum absolute atomic E-state index is 11.9. The zero-order chi connectivity index (χ0) is 16.1. The fourth-order valence-corrected chi connectivity index (χ4v) is 2.68. The Kier molecular flexibility index (Phi) is 5.19. The fraction of sp³-hybridized carbons (Fsp3) is 0.562. The number of ether oxygens (including phenoxy) is 3. The Morgan fingerprint density at radius 3 is 2.83 bits per heavy atom. The SMILES string of the molecule is CC(CNC(=O)NCc1ccc2c(c1)OCO2)N1CCOCC1. The third kappa shape index (κ3) is 4.27. The van der Waals surface area contributed by atoms with Crippen LogP contribution in [0.2, 0.25) is 0 Å². The second kappa shape index (κ2) is 7.52. The first kappa shape index (κ1) is 15.9. The lowest BCUT2D eigenvalue weighted by Gasteiger charge is -2.32. The van der Waals surface area contributed by atoms with E-state index in [1.807, 2.05) is 18.2 Å². The van der Waals surface area contributed by atoms with Gasteiger partial charge < -0.3 is 24.8 Å². The van der Waals surface area contributed by atoms with Gasteiger partial charge in [-0.05, 0) is 24.6 Å². The molecule has 0 radical (unpaired) electrons. The van der Waals surface area contributed by atoms with Crippen LogP contribution in [0.4, 0.5) is 4.79 Å². The average molecular weight is 321 g/mol. The van der Waals surface area contributed by atoms with Crippen molar-refractivity contribution in [1.29, 1.82) is 0 Å². The van der Waals surface area contributed by atoms with Gasteiger partial charge in [0, 0.05) is 32.2 Å². The minimum Gasteiger partial charge on any atom is -0.454 e. The molecule has 0 bridgehead atoms. The van der Waals surface area contributed by atoms with Crippen LogP contribution in [0, 0.1) is 0 Å². The van der Waals surface area contributed by atoms with Gasteiger partial charge in [-0.1, -0.05) is 6.07 Å². The highest BCUT2D eigenvalue weighted by atomic mass is 16.7. The lowest BCUT2D eigenvalue weighted by atomic mass is 10.2. The van der Waals surface area contributed by atoms with Gasteiger partial charge in [0.1, 0.15) is 0 Å². The molecule has 2 aliphatic rings. The van der Waals surface area contributed by atoms with Crippen LogP contribution < -0.4 is 20.1 Å². The van der Waals surface area contributed by atoms with E-state index < -0.39 is 0 Å². The Morgan fingerprint density at radius 2 is 2.00 bits per heavy atom. The third-order valence-electron chi connectivity index (χ3n) is 4.12. The van der Waals surface area contributed by atoms with Crippen LogP contribution in [-0.2, 0) is 11.3 Å². The van der Waals surface area contributed by atoms with Crippen molar-refractivity contribution >= 4 is 6.03 Å². The molecule has 0 aliphatic carbocycles. The van der Waals surface area contributed by atoms with Crippen LogP contribution >= 0.6 is 0 Å². The molecular formula is C16H23N3O4. The molecular weight excluding hydrogens is 298 g/mol. The van der Waals surface area contributed by atoms with E-state index in [1.54, 1.807) is 0 Å². The topological polar surface area (TPSA) is 72.1 Å². The molecule has 1 unspecified atom stereocenters. The van der Waals surface area contributed by atoms with Gasteiger partial charge in [-0.15, -0.1) is 0 Å². The normalized spacial score (nSPS) is 18.5. The molecule has 3 rings (SSSR count). The molecule has 2 amide bonds. The van der Waals surface area contributed by atoms with Crippen molar-refractivity contribution in [3.05, 3.63) is 23.8 Å². The highest BCUT2D eigenvalue weighted by molar-refractivity contribution is 5.73. The van der Waals surface area contributed by atoms with Crippen LogP contribution in [0.3, 0.4) is 0 Å². The molecule has 1 saturated heterocycles. The molecule has 0 spiro atoms. The maximum Gasteiger partial charge on any atom is 0.315 e. The standard InChI is InChI=1S/C16H23N3O4/c1-12(19-4-6-21-7-5-19)9-17-16(20)18-10-13-2-3-14-15(8-13)23-11-22-14/h2-3,8,12H,4-7,9-11H2,1H3,(H2,17,18,20). The van der Waals surface area contributed by atoms with Crippen LogP contribution in [0.25, 0.3) is 0 Å². The number of urea groups is 1. The largest absolute Gasteiger partial charge is 0.454 e. The van der Waals surface area contributed by atoms with Gasteiger partial charge in [-0.3, -0.25) is 4.90 Å². The van der Waals surface area contributed by atoms with E-state index in [0.717, 1.165) is 43.4 Å². The van der Waals surface area contributed by atoms with Crippen LogP contribution in [-0.4, -0.2) is 56.6 Å². The van der Waals surface area contributed by atoms with E-state index >= 15 is 0 Å². The van der Waals surface area contributed by atoms with E-state index in [4.69, 9.17) is 14.2 Å². The van der Waals surface area contributed by atoms with Crippen molar-refractivity contribution < 1.29 is 19.0 Å². The lowest BCUT2D eigenvalue weighted by molar-refractivity contribution is 0.0209. The molecule has 0 aromatic heterocycles. The summed E-state index contributed by atoms with van der Waals surface area (Å²) in [7, 11) is 0. The summed E-state index contributed by atoms with van der Waals surface area (Å²) in [6, 6.07) is 5.80. The van der Waals surface area contributed by atoms with Crippen molar-refractivity contribution in [2.24, 2.45) is 0 Å². The molecule has 2 heterocycles. The Hall–Kier alpha value is -1.99. The lowest BCUT2D eigenvalue weighted by Crippen LogP contribution is -2.48. The second-order valence-electron chi connectivity index (χ2n) is 5.75. The number of nitrogens with one attached hydrogen (secondary N) is 2. The van der Waals surface area contributed by atoms with E-state index in [-0.39, 0.29) is 12.8 Å². The number of benzene rings is 1. The molecule has 23 heavy (non-hydrogen) atoms. The van der Waals surface area contributed by atoms with Gasteiger partial charge in [0.2, 0.25) is 6.79 Å². The summed E-state index contributed by atoms with van der Waals surface area (Å²) >= 11 is 0. The molecule has 1 atom stereocenters. The Balaban J connectivity index is 1.39. The van der Waals surface area contributed by atoms with E-state index in [2.05, 4.69) is 22.5 Å². The monoisotopic (exact) mass is 321 g/mol.